The summed E-state index contributed by atoms with van der Waals surface area (Å²) in [5, 5.41) is 3.10. The molecule has 2 rings (SSSR count). The molecular formula is C14H18N4. The molecule has 4 heteroatoms. The molecule has 1 aromatic heterocycles. The van der Waals surface area contributed by atoms with Crippen molar-refractivity contribution in [1.29, 1.82) is 0 Å². The highest BCUT2D eigenvalue weighted by Gasteiger charge is 2.05. The average Bonchev–Trinajstić information content (AvgIpc) is 2.39. The lowest BCUT2D eigenvalue weighted by Crippen LogP contribution is -2.15. The molecule has 0 aliphatic heterocycles. The first-order valence-electron chi connectivity index (χ1n) is 6.05. The number of nitrogens with zero attached hydrogens (tertiary/aromatic N) is 2. The molecular weight excluding hydrogens is 224 g/mol. The van der Waals surface area contributed by atoms with E-state index in [1.165, 1.54) is 5.56 Å². The van der Waals surface area contributed by atoms with Crippen LogP contribution in [0.25, 0.3) is 11.3 Å². The SMILES string of the molecule is Cc1ccc(-c2nc(NCCN)ncc2C)cc1. The van der Waals surface area contributed by atoms with Crippen LogP contribution >= 0.6 is 0 Å². The van der Waals surface area contributed by atoms with Crippen molar-refractivity contribution in [1.82, 2.24) is 9.97 Å². The second-order valence-corrected chi connectivity index (χ2v) is 4.31. The van der Waals surface area contributed by atoms with E-state index in [1.807, 2.05) is 13.1 Å². The van der Waals surface area contributed by atoms with E-state index < -0.39 is 0 Å². The Labute approximate surface area is 107 Å². The summed E-state index contributed by atoms with van der Waals surface area (Å²) in [6.07, 6.45) is 1.83. The number of hydrogen-bond acceptors (Lipinski definition) is 4. The van der Waals surface area contributed by atoms with E-state index in [2.05, 4.69) is 46.5 Å². The summed E-state index contributed by atoms with van der Waals surface area (Å²) < 4.78 is 0. The average molecular weight is 242 g/mol. The van der Waals surface area contributed by atoms with Crippen LogP contribution < -0.4 is 11.1 Å². The molecule has 0 saturated heterocycles. The highest BCUT2D eigenvalue weighted by molar-refractivity contribution is 5.63. The Bertz CT molecular complexity index is 520. The fourth-order valence-corrected chi connectivity index (χ4v) is 1.71. The third kappa shape index (κ3) is 2.84. The minimum Gasteiger partial charge on any atom is -0.353 e. The smallest absolute Gasteiger partial charge is 0.223 e. The predicted molar refractivity (Wildman–Crippen MR) is 74.5 cm³/mol. The Balaban J connectivity index is 2.33. The largest absolute Gasteiger partial charge is 0.353 e. The highest BCUT2D eigenvalue weighted by Crippen LogP contribution is 2.21. The van der Waals surface area contributed by atoms with Crippen LogP contribution in [0.3, 0.4) is 0 Å². The molecule has 0 fully saturated rings. The third-order valence-corrected chi connectivity index (χ3v) is 2.72. The van der Waals surface area contributed by atoms with Crippen molar-refractivity contribution in [3.05, 3.63) is 41.6 Å². The van der Waals surface area contributed by atoms with E-state index >= 15 is 0 Å². The summed E-state index contributed by atoms with van der Waals surface area (Å²) >= 11 is 0. The molecule has 1 heterocycles. The van der Waals surface area contributed by atoms with Crippen LogP contribution in [0.5, 0.6) is 0 Å². The van der Waals surface area contributed by atoms with Gasteiger partial charge in [0.25, 0.3) is 0 Å². The number of anilines is 1. The van der Waals surface area contributed by atoms with Gasteiger partial charge in [-0.05, 0) is 19.4 Å². The van der Waals surface area contributed by atoms with Crippen LogP contribution in [0.2, 0.25) is 0 Å². The van der Waals surface area contributed by atoms with Gasteiger partial charge in [-0.1, -0.05) is 29.8 Å². The van der Waals surface area contributed by atoms with Crippen LogP contribution in [0, 0.1) is 13.8 Å². The summed E-state index contributed by atoms with van der Waals surface area (Å²) in [5.41, 5.74) is 9.83. The lowest BCUT2D eigenvalue weighted by atomic mass is 10.1. The van der Waals surface area contributed by atoms with E-state index in [0.717, 1.165) is 16.8 Å². The van der Waals surface area contributed by atoms with E-state index in [4.69, 9.17) is 5.73 Å². The Morgan fingerprint density at radius 3 is 2.56 bits per heavy atom. The zero-order valence-corrected chi connectivity index (χ0v) is 10.8. The minimum atomic E-state index is 0.567. The van der Waals surface area contributed by atoms with Gasteiger partial charge < -0.3 is 11.1 Å². The van der Waals surface area contributed by atoms with Crippen molar-refractivity contribution in [2.75, 3.05) is 18.4 Å². The zero-order valence-electron chi connectivity index (χ0n) is 10.8. The van der Waals surface area contributed by atoms with Gasteiger partial charge in [-0.2, -0.15) is 0 Å². The van der Waals surface area contributed by atoms with Gasteiger partial charge in [-0.3, -0.25) is 0 Å². The van der Waals surface area contributed by atoms with Gasteiger partial charge in [0.15, 0.2) is 0 Å². The van der Waals surface area contributed by atoms with Crippen LogP contribution in [-0.2, 0) is 0 Å². The molecule has 0 bridgehead atoms. The quantitative estimate of drug-likeness (QED) is 0.862. The Morgan fingerprint density at radius 1 is 1.17 bits per heavy atom. The number of benzene rings is 1. The molecule has 94 valence electrons. The molecule has 0 unspecified atom stereocenters. The molecule has 0 saturated carbocycles. The summed E-state index contributed by atoms with van der Waals surface area (Å²) in [4.78, 5) is 8.77. The summed E-state index contributed by atoms with van der Waals surface area (Å²) in [5.74, 6) is 0.627. The van der Waals surface area contributed by atoms with E-state index in [0.29, 0.717) is 19.0 Å². The first-order valence-corrected chi connectivity index (χ1v) is 6.05. The molecule has 18 heavy (non-hydrogen) atoms. The lowest BCUT2D eigenvalue weighted by molar-refractivity contribution is 0.986. The highest BCUT2D eigenvalue weighted by atomic mass is 15.1. The van der Waals surface area contributed by atoms with Crippen LogP contribution in [0.4, 0.5) is 5.95 Å². The summed E-state index contributed by atoms with van der Waals surface area (Å²) in [7, 11) is 0. The molecule has 0 aliphatic rings. The van der Waals surface area contributed by atoms with Crippen LogP contribution in [0.1, 0.15) is 11.1 Å². The van der Waals surface area contributed by atoms with Crippen molar-refractivity contribution in [3.8, 4) is 11.3 Å². The first-order chi connectivity index (χ1) is 8.70. The van der Waals surface area contributed by atoms with Crippen molar-refractivity contribution < 1.29 is 0 Å². The molecule has 0 radical (unpaired) electrons. The number of rotatable bonds is 4. The van der Waals surface area contributed by atoms with Crippen molar-refractivity contribution in [2.24, 2.45) is 5.73 Å². The van der Waals surface area contributed by atoms with E-state index in [1.54, 1.807) is 0 Å². The minimum absolute atomic E-state index is 0.567. The van der Waals surface area contributed by atoms with Crippen LogP contribution in [0.15, 0.2) is 30.5 Å². The molecule has 0 atom stereocenters. The Hall–Kier alpha value is -1.94. The molecule has 4 nitrogen and oxygen atoms in total. The predicted octanol–water partition coefficient (Wildman–Crippen LogP) is 2.13. The number of aromatic nitrogens is 2. The van der Waals surface area contributed by atoms with Crippen molar-refractivity contribution in [3.63, 3.8) is 0 Å². The maximum Gasteiger partial charge on any atom is 0.223 e. The molecule has 0 spiro atoms. The standard InChI is InChI=1S/C14H18N4/c1-10-3-5-12(6-4-10)13-11(2)9-17-14(18-13)16-8-7-15/h3-6,9H,7-8,15H2,1-2H3,(H,16,17,18). The maximum atomic E-state index is 5.45. The molecule has 2 aromatic rings. The monoisotopic (exact) mass is 242 g/mol. The van der Waals surface area contributed by atoms with Gasteiger partial charge in [0.05, 0.1) is 5.69 Å². The third-order valence-electron chi connectivity index (χ3n) is 2.72. The van der Waals surface area contributed by atoms with Gasteiger partial charge in [0.2, 0.25) is 5.95 Å². The van der Waals surface area contributed by atoms with Gasteiger partial charge in [-0.25, -0.2) is 9.97 Å². The van der Waals surface area contributed by atoms with Gasteiger partial charge in [0, 0.05) is 24.8 Å². The summed E-state index contributed by atoms with van der Waals surface area (Å²) in [6, 6.07) is 8.34. The Kier molecular flexibility index (Phi) is 3.89. The normalized spacial score (nSPS) is 10.4. The maximum absolute atomic E-state index is 5.45. The van der Waals surface area contributed by atoms with Gasteiger partial charge in [-0.15, -0.1) is 0 Å². The van der Waals surface area contributed by atoms with Crippen molar-refractivity contribution in [2.45, 2.75) is 13.8 Å². The molecule has 0 amide bonds. The van der Waals surface area contributed by atoms with E-state index in [-0.39, 0.29) is 0 Å². The Morgan fingerprint density at radius 2 is 1.89 bits per heavy atom. The second kappa shape index (κ2) is 5.60. The first kappa shape index (κ1) is 12.5. The fourth-order valence-electron chi connectivity index (χ4n) is 1.71. The number of hydrogen-bond donors (Lipinski definition) is 2. The number of aryl methyl sites for hydroxylation is 2. The van der Waals surface area contributed by atoms with Crippen LogP contribution in [-0.4, -0.2) is 23.1 Å². The van der Waals surface area contributed by atoms with Gasteiger partial charge in [0.1, 0.15) is 0 Å². The number of nitrogens with one attached hydrogen (secondary N) is 1. The second-order valence-electron chi connectivity index (χ2n) is 4.31. The van der Waals surface area contributed by atoms with Gasteiger partial charge >= 0.3 is 0 Å². The zero-order chi connectivity index (χ0) is 13.0. The number of nitrogens with two attached hydrogens (primary N) is 1. The van der Waals surface area contributed by atoms with E-state index in [9.17, 15) is 0 Å². The lowest BCUT2D eigenvalue weighted by Gasteiger charge is -2.08. The fraction of sp³-hybridized carbons (Fsp3) is 0.286. The summed E-state index contributed by atoms with van der Waals surface area (Å²) in [6.45, 7) is 5.33. The topological polar surface area (TPSA) is 63.8 Å². The molecule has 3 N–H and O–H groups in total. The molecule has 1 aromatic carbocycles. The van der Waals surface area contributed by atoms with Crippen molar-refractivity contribution >= 4 is 5.95 Å². The molecule has 0 aliphatic carbocycles.